The highest BCUT2D eigenvalue weighted by Gasteiger charge is 2.39. The summed E-state index contributed by atoms with van der Waals surface area (Å²) in [6.07, 6.45) is -2.39. The molecule has 0 saturated carbocycles. The van der Waals surface area contributed by atoms with Gasteiger partial charge in [0, 0.05) is 22.2 Å². The van der Waals surface area contributed by atoms with Gasteiger partial charge in [0.2, 0.25) is 5.75 Å². The van der Waals surface area contributed by atoms with Gasteiger partial charge in [0.1, 0.15) is 5.75 Å². The van der Waals surface area contributed by atoms with Gasteiger partial charge in [-0.05, 0) is 32.9 Å². The zero-order valence-electron chi connectivity index (χ0n) is 17.5. The number of hydrogen-bond acceptors (Lipinski definition) is 6. The van der Waals surface area contributed by atoms with E-state index in [-0.39, 0.29) is 0 Å². The van der Waals surface area contributed by atoms with E-state index < -0.39 is 23.7 Å². The van der Waals surface area contributed by atoms with Crippen LogP contribution in [0.15, 0.2) is 30.3 Å². The Morgan fingerprint density at radius 1 is 1.10 bits per heavy atom. The molecule has 29 heavy (non-hydrogen) atoms. The monoisotopic (exact) mass is 401 g/mol. The molecule has 0 bridgehead atoms. The number of aliphatic hydroxyl groups is 1. The number of methoxy groups -OCH3 is 3. The summed E-state index contributed by atoms with van der Waals surface area (Å²) in [5.41, 5.74) is 1.55. The predicted octanol–water partition coefficient (Wildman–Crippen LogP) is 3.09. The van der Waals surface area contributed by atoms with Crippen molar-refractivity contribution >= 4 is 5.91 Å². The quantitative estimate of drug-likeness (QED) is 0.801. The van der Waals surface area contributed by atoms with Gasteiger partial charge in [-0.25, -0.2) is 0 Å². The minimum absolute atomic E-state index is 0.416. The van der Waals surface area contributed by atoms with Crippen LogP contribution in [0.2, 0.25) is 0 Å². The zero-order chi connectivity index (χ0) is 21.3. The van der Waals surface area contributed by atoms with Crippen LogP contribution in [0.1, 0.15) is 32.4 Å². The minimum atomic E-state index is -1.44. The van der Waals surface area contributed by atoms with Crippen LogP contribution in [0, 0.1) is 0 Å². The first kappa shape index (κ1) is 20.8. The topological polar surface area (TPSA) is 86.2 Å². The van der Waals surface area contributed by atoms with Crippen molar-refractivity contribution in [3.05, 3.63) is 35.9 Å². The molecule has 2 unspecified atom stereocenters. The lowest BCUT2D eigenvalue weighted by Gasteiger charge is -2.34. The van der Waals surface area contributed by atoms with Crippen LogP contribution in [0.5, 0.6) is 23.0 Å². The summed E-state index contributed by atoms with van der Waals surface area (Å²) in [4.78, 5) is 12.7. The van der Waals surface area contributed by atoms with E-state index in [1.165, 1.54) is 21.3 Å². The lowest BCUT2D eigenvalue weighted by molar-refractivity contribution is -0.136. The second kappa shape index (κ2) is 7.83. The third kappa shape index (κ3) is 3.82. The number of amides is 1. The minimum Gasteiger partial charge on any atom is -0.493 e. The van der Waals surface area contributed by atoms with Crippen molar-refractivity contribution in [3.8, 4) is 34.1 Å². The van der Waals surface area contributed by atoms with Crippen molar-refractivity contribution in [1.29, 1.82) is 0 Å². The molecule has 0 radical (unpaired) electrons. The fourth-order valence-electron chi connectivity index (χ4n) is 3.47. The smallest absolute Gasteiger partial charge is 0.253 e. The molecule has 7 heteroatoms. The Morgan fingerprint density at radius 2 is 1.76 bits per heavy atom. The van der Waals surface area contributed by atoms with Gasteiger partial charge in [0.15, 0.2) is 23.7 Å². The van der Waals surface area contributed by atoms with Crippen LogP contribution < -0.4 is 24.3 Å². The fraction of sp³-hybridized carbons (Fsp3) is 0.409. The molecule has 0 aliphatic carbocycles. The van der Waals surface area contributed by atoms with Crippen LogP contribution in [0.4, 0.5) is 0 Å². The van der Waals surface area contributed by atoms with E-state index in [4.69, 9.17) is 18.9 Å². The van der Waals surface area contributed by atoms with E-state index >= 15 is 0 Å². The number of fused-ring (bicyclic) bond motifs is 3. The molecule has 2 aromatic rings. The largest absolute Gasteiger partial charge is 0.493 e. The predicted molar refractivity (Wildman–Crippen MR) is 109 cm³/mol. The number of rotatable bonds is 5. The maximum atomic E-state index is 12.7. The van der Waals surface area contributed by atoms with Crippen molar-refractivity contribution in [3.63, 3.8) is 0 Å². The van der Waals surface area contributed by atoms with E-state index in [1.54, 1.807) is 12.1 Å². The highest BCUT2D eigenvalue weighted by Crippen LogP contribution is 2.54. The molecule has 2 N–H and O–H groups in total. The average Bonchev–Trinajstić information content (AvgIpc) is 2.69. The molecule has 1 aliphatic heterocycles. The van der Waals surface area contributed by atoms with E-state index in [9.17, 15) is 9.90 Å². The first-order valence-corrected chi connectivity index (χ1v) is 9.30. The van der Waals surface area contributed by atoms with Gasteiger partial charge >= 0.3 is 0 Å². The SMILES string of the molecule is COc1cc2c(c(OC)c1OC)-c1ccccc1OC2C(O)C(=O)NC(C)(C)C. The number of para-hydroxylation sites is 1. The summed E-state index contributed by atoms with van der Waals surface area (Å²) in [6.45, 7) is 5.54. The summed E-state index contributed by atoms with van der Waals surface area (Å²) in [7, 11) is 4.58. The highest BCUT2D eigenvalue weighted by atomic mass is 16.5. The molecule has 2 aromatic carbocycles. The van der Waals surface area contributed by atoms with Gasteiger partial charge in [-0.2, -0.15) is 0 Å². The molecule has 2 atom stereocenters. The van der Waals surface area contributed by atoms with E-state index in [0.717, 1.165) is 5.56 Å². The van der Waals surface area contributed by atoms with Gasteiger partial charge in [-0.15, -0.1) is 0 Å². The Hall–Kier alpha value is -2.93. The summed E-state index contributed by atoms with van der Waals surface area (Å²) in [5, 5.41) is 13.7. The molecule has 1 aliphatic rings. The van der Waals surface area contributed by atoms with Crippen molar-refractivity contribution in [2.45, 2.75) is 38.5 Å². The van der Waals surface area contributed by atoms with Gasteiger partial charge in [0.05, 0.1) is 21.3 Å². The molecule has 7 nitrogen and oxygen atoms in total. The molecule has 0 spiro atoms. The summed E-state index contributed by atoms with van der Waals surface area (Å²) in [6, 6.07) is 9.10. The maximum Gasteiger partial charge on any atom is 0.253 e. The molecule has 0 aromatic heterocycles. The van der Waals surface area contributed by atoms with Crippen molar-refractivity contribution in [2.75, 3.05) is 21.3 Å². The Morgan fingerprint density at radius 3 is 2.34 bits per heavy atom. The Kier molecular flexibility index (Phi) is 5.61. The van der Waals surface area contributed by atoms with Gasteiger partial charge in [0.25, 0.3) is 5.91 Å². The normalized spacial score (nSPS) is 16.0. The van der Waals surface area contributed by atoms with E-state index in [2.05, 4.69) is 5.32 Å². The van der Waals surface area contributed by atoms with Crippen LogP contribution in [0.3, 0.4) is 0 Å². The van der Waals surface area contributed by atoms with Crippen molar-refractivity contribution in [2.24, 2.45) is 0 Å². The van der Waals surface area contributed by atoms with Gasteiger partial charge in [-0.3, -0.25) is 4.79 Å². The standard InChI is InChI=1S/C22H27NO6/c1-22(2,3)23-21(25)17(24)18-13-11-15(26-4)19(27-5)20(28-6)16(13)12-9-7-8-10-14(12)29-18/h7-11,17-18,24H,1-6H3,(H,23,25). The highest BCUT2D eigenvalue weighted by molar-refractivity contribution is 5.88. The van der Waals surface area contributed by atoms with E-state index in [0.29, 0.717) is 34.1 Å². The second-order valence-electron chi connectivity index (χ2n) is 7.83. The molecule has 156 valence electrons. The summed E-state index contributed by atoms with van der Waals surface area (Å²) >= 11 is 0. The van der Waals surface area contributed by atoms with Crippen LogP contribution in [0.25, 0.3) is 11.1 Å². The Balaban J connectivity index is 2.21. The van der Waals surface area contributed by atoms with Gasteiger partial charge < -0.3 is 29.4 Å². The Bertz CT molecular complexity index is 918. The molecule has 1 amide bonds. The first-order chi connectivity index (χ1) is 13.7. The van der Waals surface area contributed by atoms with Crippen molar-refractivity contribution < 1.29 is 28.8 Å². The summed E-state index contributed by atoms with van der Waals surface area (Å²) in [5.74, 6) is 1.31. The maximum absolute atomic E-state index is 12.7. The number of nitrogens with one attached hydrogen (secondary N) is 1. The number of carbonyl (C=O) groups excluding carboxylic acids is 1. The third-order valence-electron chi connectivity index (χ3n) is 4.63. The van der Waals surface area contributed by atoms with Crippen LogP contribution in [-0.4, -0.2) is 44.0 Å². The molecule has 3 rings (SSSR count). The zero-order valence-corrected chi connectivity index (χ0v) is 17.5. The van der Waals surface area contributed by atoms with Crippen LogP contribution in [-0.2, 0) is 4.79 Å². The number of hydrogen-bond donors (Lipinski definition) is 2. The lowest BCUT2D eigenvalue weighted by Crippen LogP contribution is -2.48. The molecule has 0 saturated heterocycles. The lowest BCUT2D eigenvalue weighted by atomic mass is 9.88. The first-order valence-electron chi connectivity index (χ1n) is 9.30. The number of aliphatic hydroxyl groups excluding tert-OH is 1. The average molecular weight is 401 g/mol. The summed E-state index contributed by atoms with van der Waals surface area (Å²) < 4.78 is 22.7. The number of ether oxygens (including phenoxy) is 4. The fourth-order valence-corrected chi connectivity index (χ4v) is 3.47. The second-order valence-corrected chi connectivity index (χ2v) is 7.83. The van der Waals surface area contributed by atoms with Crippen molar-refractivity contribution in [1.82, 2.24) is 5.32 Å². The molecular formula is C22H27NO6. The van der Waals surface area contributed by atoms with Gasteiger partial charge in [-0.1, -0.05) is 18.2 Å². The molecule has 0 fully saturated rings. The number of carbonyl (C=O) groups is 1. The number of benzene rings is 2. The molecular weight excluding hydrogens is 374 g/mol. The molecule has 1 heterocycles. The Labute approximate surface area is 170 Å². The van der Waals surface area contributed by atoms with Crippen LogP contribution >= 0.6 is 0 Å². The van der Waals surface area contributed by atoms with E-state index in [1.807, 2.05) is 39.0 Å². The third-order valence-corrected chi connectivity index (χ3v) is 4.63.